The summed E-state index contributed by atoms with van der Waals surface area (Å²) in [5.74, 6) is 1.08. The number of anilines is 1. The molecule has 4 heterocycles. The van der Waals surface area contributed by atoms with Gasteiger partial charge >= 0.3 is 0 Å². The molecule has 2 aromatic carbocycles. The van der Waals surface area contributed by atoms with E-state index in [0.29, 0.717) is 17.8 Å². The fourth-order valence-electron chi connectivity index (χ4n) is 7.27. The number of pyridine rings is 1. The number of nitrogen functional groups attached to an aromatic ring is 1. The Balaban J connectivity index is 0.00000343. The Bertz CT molecular complexity index is 1790. The summed E-state index contributed by atoms with van der Waals surface area (Å²) in [4.78, 5) is 28.3. The fourth-order valence-corrected chi connectivity index (χ4v) is 7.27. The van der Waals surface area contributed by atoms with Gasteiger partial charge in [-0.1, -0.05) is 42.0 Å². The minimum absolute atomic E-state index is 0. The van der Waals surface area contributed by atoms with E-state index in [0.717, 1.165) is 95.2 Å². The number of carbonyl (C=O) groups is 1. The Morgan fingerprint density at radius 3 is 2.45 bits per heavy atom. The number of amides is 1. The average molecular weight is 662 g/mol. The van der Waals surface area contributed by atoms with E-state index < -0.39 is 0 Å². The third-order valence-electron chi connectivity index (χ3n) is 9.74. The van der Waals surface area contributed by atoms with Crippen molar-refractivity contribution in [2.45, 2.75) is 51.5 Å². The molecule has 1 aliphatic heterocycles. The van der Waals surface area contributed by atoms with Crippen molar-refractivity contribution >= 4 is 33.7 Å². The van der Waals surface area contributed by atoms with Crippen LogP contribution in [0, 0.1) is 24.8 Å². The number of primary amides is 1. The predicted octanol–water partition coefficient (Wildman–Crippen LogP) is 5.93. The molecule has 8 nitrogen and oxygen atoms in total. The van der Waals surface area contributed by atoms with Crippen LogP contribution in [-0.4, -0.2) is 50.0 Å². The van der Waals surface area contributed by atoms with Crippen molar-refractivity contribution < 1.29 is 37.5 Å². The Labute approximate surface area is 283 Å². The molecule has 1 saturated carbocycles. The minimum atomic E-state index is -0.145. The van der Waals surface area contributed by atoms with Crippen LogP contribution in [0.25, 0.3) is 44.3 Å². The van der Waals surface area contributed by atoms with Crippen LogP contribution in [0.1, 0.15) is 50.1 Å². The zero-order valence-electron chi connectivity index (χ0n) is 25.2. The smallest absolute Gasteiger partial charge is 0.220 e. The molecule has 1 saturated heterocycles. The Morgan fingerprint density at radius 2 is 1.73 bits per heavy atom. The zero-order chi connectivity index (χ0) is 29.5. The summed E-state index contributed by atoms with van der Waals surface area (Å²) >= 11 is 0. The summed E-state index contributed by atoms with van der Waals surface area (Å²) in [5, 5.41) is 1.90. The van der Waals surface area contributed by atoms with E-state index in [1.165, 1.54) is 12.8 Å². The number of aryl methyl sites for hydroxylation is 1. The topological polar surface area (TPSA) is 116 Å². The summed E-state index contributed by atoms with van der Waals surface area (Å²) < 4.78 is 2.35. The number of rotatable bonds is 6. The van der Waals surface area contributed by atoms with E-state index in [9.17, 15) is 4.79 Å². The number of hydrogen-bond acceptors (Lipinski definition) is 6. The Kier molecular flexibility index (Phi) is 9.13. The summed E-state index contributed by atoms with van der Waals surface area (Å²) in [6.07, 6.45) is 10.1. The summed E-state index contributed by atoms with van der Waals surface area (Å²) in [5.41, 5.74) is 19.1. The molecular weight excluding hydrogens is 623 g/mol. The monoisotopic (exact) mass is 661 g/mol. The van der Waals surface area contributed by atoms with Gasteiger partial charge in [0.05, 0.1) is 5.39 Å². The second-order valence-corrected chi connectivity index (χ2v) is 12.3. The summed E-state index contributed by atoms with van der Waals surface area (Å²) in [6, 6.07) is 20.3. The molecule has 0 spiro atoms. The second kappa shape index (κ2) is 13.0. The molecule has 0 unspecified atom stereocenters. The maximum absolute atomic E-state index is 11.6. The van der Waals surface area contributed by atoms with Crippen LogP contribution in [0.5, 0.6) is 0 Å². The van der Waals surface area contributed by atoms with Gasteiger partial charge in [-0.2, -0.15) is 0 Å². The van der Waals surface area contributed by atoms with Crippen molar-refractivity contribution in [3.63, 3.8) is 0 Å². The number of likely N-dealkylation sites (tertiary alicyclic amines) is 1. The van der Waals surface area contributed by atoms with Gasteiger partial charge in [0.15, 0.2) is 0 Å². The number of nitrogens with zero attached hydrogens (tertiary/aromatic N) is 5. The molecule has 2 fully saturated rings. The fraction of sp³-hybridized carbons (Fsp3) is 0.371. The van der Waals surface area contributed by atoms with Crippen LogP contribution < -0.4 is 11.5 Å². The first-order valence-electron chi connectivity index (χ1n) is 15.5. The SMILES string of the molecule is Cc1c(-c2cn(C3CCC(CN4CCC(C(N)=O)CC4)CC3)c3ncnc(N)c23)ccc2[c-]cc(-c3ccccc3)nc12.[Y]. The third-order valence-corrected chi connectivity index (χ3v) is 9.74. The van der Waals surface area contributed by atoms with Gasteiger partial charge in [-0.05, 0) is 86.8 Å². The first-order chi connectivity index (χ1) is 21.0. The molecule has 44 heavy (non-hydrogen) atoms. The van der Waals surface area contributed by atoms with Crippen molar-refractivity contribution in [2.24, 2.45) is 17.6 Å². The van der Waals surface area contributed by atoms with Crippen LogP contribution in [-0.2, 0) is 37.5 Å². The average Bonchev–Trinajstić information content (AvgIpc) is 3.43. The molecule has 223 valence electrons. The Morgan fingerprint density at radius 1 is 0.977 bits per heavy atom. The van der Waals surface area contributed by atoms with Gasteiger partial charge in [0.25, 0.3) is 0 Å². The summed E-state index contributed by atoms with van der Waals surface area (Å²) in [7, 11) is 0. The molecule has 1 amide bonds. The molecule has 7 rings (SSSR count). The first kappa shape index (κ1) is 30.8. The zero-order valence-corrected chi connectivity index (χ0v) is 28.1. The number of nitrogens with two attached hydrogens (primary N) is 2. The van der Waals surface area contributed by atoms with Crippen molar-refractivity contribution in [1.29, 1.82) is 0 Å². The third kappa shape index (κ3) is 5.92. The molecule has 0 atom stereocenters. The van der Waals surface area contributed by atoms with Crippen molar-refractivity contribution in [1.82, 2.24) is 24.4 Å². The van der Waals surface area contributed by atoms with Crippen LogP contribution in [0.3, 0.4) is 0 Å². The van der Waals surface area contributed by atoms with Gasteiger partial charge in [-0.25, -0.2) is 9.97 Å². The van der Waals surface area contributed by atoms with Crippen molar-refractivity contribution in [3.05, 3.63) is 72.7 Å². The number of piperidine rings is 1. The molecule has 4 N–H and O–H groups in total. The van der Waals surface area contributed by atoms with Crippen LogP contribution in [0.2, 0.25) is 0 Å². The predicted molar refractivity (Wildman–Crippen MR) is 171 cm³/mol. The van der Waals surface area contributed by atoms with Crippen molar-refractivity contribution in [3.8, 4) is 22.4 Å². The number of fused-ring (bicyclic) bond motifs is 2. The molecule has 0 bridgehead atoms. The number of hydrogen-bond donors (Lipinski definition) is 2. The molecule has 2 aliphatic rings. The molecule has 1 radical (unpaired) electrons. The molecule has 1 aliphatic carbocycles. The van der Waals surface area contributed by atoms with E-state index in [-0.39, 0.29) is 44.5 Å². The van der Waals surface area contributed by atoms with Crippen LogP contribution >= 0.6 is 0 Å². The van der Waals surface area contributed by atoms with E-state index in [4.69, 9.17) is 21.4 Å². The van der Waals surface area contributed by atoms with Gasteiger partial charge in [0.2, 0.25) is 5.91 Å². The van der Waals surface area contributed by atoms with Gasteiger partial charge in [0, 0.05) is 63.0 Å². The molecule has 3 aromatic heterocycles. The van der Waals surface area contributed by atoms with Gasteiger partial charge < -0.3 is 25.9 Å². The van der Waals surface area contributed by atoms with Crippen molar-refractivity contribution in [2.75, 3.05) is 25.4 Å². The van der Waals surface area contributed by atoms with Gasteiger partial charge in [0.1, 0.15) is 17.8 Å². The normalized spacial score (nSPS) is 19.7. The quantitative estimate of drug-likeness (QED) is 0.218. The molecular formula is C35H38N7OY-. The van der Waals surface area contributed by atoms with E-state index >= 15 is 0 Å². The number of carbonyl (C=O) groups excluding carboxylic acids is 1. The largest absolute Gasteiger partial charge is 0.383 e. The van der Waals surface area contributed by atoms with Crippen LogP contribution in [0.15, 0.2) is 61.1 Å². The maximum Gasteiger partial charge on any atom is 0.220 e. The molecule has 9 heteroatoms. The van der Waals surface area contributed by atoms with Gasteiger partial charge in [-0.15, -0.1) is 23.6 Å². The van der Waals surface area contributed by atoms with E-state index in [2.05, 4.69) is 57.9 Å². The number of aromatic nitrogens is 4. The number of benzene rings is 2. The molecule has 5 aromatic rings. The second-order valence-electron chi connectivity index (χ2n) is 12.3. The van der Waals surface area contributed by atoms with Gasteiger partial charge in [-0.3, -0.25) is 4.79 Å². The van der Waals surface area contributed by atoms with Crippen LogP contribution in [0.4, 0.5) is 5.82 Å². The standard InChI is InChI=1S/C35H38N7O.Y/c1-22-28(13-9-25-10-14-30(40-32(22)25)24-5-3-2-4-6-24)29-20-42(35-31(29)33(36)38-21-39-35)27-11-7-23(8-12-27)19-41-17-15-26(16-18-41)34(37)43;/h2-6,9,13-14,20-21,23,26-27H,7-8,11-12,15-19H2,1H3,(H2,37,43)(H2,36,38,39);/q-1;. The minimum Gasteiger partial charge on any atom is -0.383 e. The Hall–Kier alpha value is -3.20. The summed E-state index contributed by atoms with van der Waals surface area (Å²) in [6.45, 7) is 5.18. The van der Waals surface area contributed by atoms with E-state index in [1.54, 1.807) is 6.33 Å². The van der Waals surface area contributed by atoms with E-state index in [1.807, 2.05) is 24.3 Å². The maximum atomic E-state index is 11.6. The first-order valence-corrected chi connectivity index (χ1v) is 15.5.